The summed E-state index contributed by atoms with van der Waals surface area (Å²) in [6.45, 7) is 7.21. The summed E-state index contributed by atoms with van der Waals surface area (Å²) in [6, 6.07) is 10.8. The number of hydrogen-bond acceptors (Lipinski definition) is 7. The number of fused-ring (bicyclic) bond motifs is 2. The molecule has 1 atom stereocenters. The van der Waals surface area contributed by atoms with Crippen LogP contribution in [0.4, 0.5) is 11.4 Å². The molecule has 0 saturated carbocycles. The van der Waals surface area contributed by atoms with Crippen LogP contribution in [0.15, 0.2) is 42.0 Å². The second-order valence-electron chi connectivity index (χ2n) is 8.06. The number of thiophene rings is 1. The molecule has 1 aliphatic heterocycles. The molecule has 1 aliphatic rings. The van der Waals surface area contributed by atoms with E-state index in [0.29, 0.717) is 5.92 Å². The molecular formula is C24H28N4OS2. The van der Waals surface area contributed by atoms with Crippen LogP contribution in [0.1, 0.15) is 37.0 Å². The van der Waals surface area contributed by atoms with E-state index in [-0.39, 0.29) is 0 Å². The number of benzene rings is 1. The third-order valence-electron chi connectivity index (χ3n) is 6.10. The molecule has 4 heterocycles. The van der Waals surface area contributed by atoms with Crippen LogP contribution >= 0.6 is 22.7 Å². The van der Waals surface area contributed by atoms with E-state index in [1.807, 2.05) is 23.0 Å². The largest absolute Gasteiger partial charge is 0.380 e. The fraction of sp³-hybridized carbons (Fsp3) is 0.417. The Bertz CT molecular complexity index is 1150. The first-order valence-corrected chi connectivity index (χ1v) is 12.8. The van der Waals surface area contributed by atoms with Crippen LogP contribution in [0, 0.1) is 0 Å². The van der Waals surface area contributed by atoms with Crippen LogP contribution in [0.5, 0.6) is 0 Å². The van der Waals surface area contributed by atoms with Crippen LogP contribution in [-0.4, -0.2) is 47.7 Å². The van der Waals surface area contributed by atoms with Crippen LogP contribution in [0.2, 0.25) is 0 Å². The SMILES string of the molecule is CCN1CCOCCCC(c2cc3c(Nc4ccc5scnc5c4)ccnc3s2)CC1. The molecule has 4 aromatic rings. The van der Waals surface area contributed by atoms with E-state index in [1.165, 1.54) is 27.8 Å². The Balaban J connectivity index is 1.41. The minimum absolute atomic E-state index is 0.564. The summed E-state index contributed by atoms with van der Waals surface area (Å²) in [5.74, 6) is 0.564. The number of likely N-dealkylation sites (N-methyl/N-ethyl adjacent to an activating group) is 1. The van der Waals surface area contributed by atoms with Gasteiger partial charge in [0.25, 0.3) is 0 Å². The number of aromatic nitrogens is 2. The molecule has 0 aliphatic carbocycles. The molecule has 0 amide bonds. The number of pyridine rings is 1. The summed E-state index contributed by atoms with van der Waals surface area (Å²) in [7, 11) is 0. The zero-order valence-electron chi connectivity index (χ0n) is 17.8. The van der Waals surface area contributed by atoms with Crippen LogP contribution in [0.25, 0.3) is 20.4 Å². The zero-order chi connectivity index (χ0) is 21.0. The number of nitrogens with zero attached hydrogens (tertiary/aromatic N) is 3. The Morgan fingerprint density at radius 3 is 3.03 bits per heavy atom. The lowest BCUT2D eigenvalue weighted by Crippen LogP contribution is -2.30. The van der Waals surface area contributed by atoms with Gasteiger partial charge in [0.05, 0.1) is 28.0 Å². The number of ether oxygens (including phenoxy) is 1. The van der Waals surface area contributed by atoms with Crippen molar-refractivity contribution >= 4 is 54.5 Å². The lowest BCUT2D eigenvalue weighted by molar-refractivity contribution is 0.0935. The van der Waals surface area contributed by atoms with Gasteiger partial charge >= 0.3 is 0 Å². The molecule has 31 heavy (non-hydrogen) atoms. The minimum atomic E-state index is 0.564. The van der Waals surface area contributed by atoms with Crippen molar-refractivity contribution < 1.29 is 4.74 Å². The first-order chi connectivity index (χ1) is 15.3. The Morgan fingerprint density at radius 1 is 1.13 bits per heavy atom. The highest BCUT2D eigenvalue weighted by molar-refractivity contribution is 7.18. The molecule has 162 valence electrons. The Labute approximate surface area is 191 Å². The van der Waals surface area contributed by atoms with Gasteiger partial charge in [0.1, 0.15) is 4.83 Å². The quantitative estimate of drug-likeness (QED) is 0.396. The molecule has 5 rings (SSSR count). The van der Waals surface area contributed by atoms with E-state index in [9.17, 15) is 0 Å². The van der Waals surface area contributed by atoms with Gasteiger partial charge in [-0.25, -0.2) is 9.97 Å². The van der Waals surface area contributed by atoms with Crippen molar-refractivity contribution in [1.82, 2.24) is 14.9 Å². The summed E-state index contributed by atoms with van der Waals surface area (Å²) >= 11 is 3.52. The monoisotopic (exact) mass is 452 g/mol. The van der Waals surface area contributed by atoms with E-state index < -0.39 is 0 Å². The number of rotatable bonds is 4. The number of nitrogens with one attached hydrogen (secondary N) is 1. The van der Waals surface area contributed by atoms with Crippen LogP contribution in [-0.2, 0) is 4.74 Å². The van der Waals surface area contributed by atoms with Crippen molar-refractivity contribution in [1.29, 1.82) is 0 Å². The Hall–Kier alpha value is -2.06. The van der Waals surface area contributed by atoms with Crippen molar-refractivity contribution in [2.24, 2.45) is 0 Å². The number of anilines is 2. The summed E-state index contributed by atoms with van der Waals surface area (Å²) in [5, 5.41) is 4.81. The van der Waals surface area contributed by atoms with E-state index in [0.717, 1.165) is 61.0 Å². The van der Waals surface area contributed by atoms with Gasteiger partial charge in [0.2, 0.25) is 0 Å². The van der Waals surface area contributed by atoms with Gasteiger partial charge in [-0.2, -0.15) is 0 Å². The summed E-state index contributed by atoms with van der Waals surface area (Å²) in [5.41, 5.74) is 5.11. The standard InChI is InChI=1S/C24H28N4OS2/c1-2-28-10-8-17(4-3-12-29-13-11-28)23-15-19-20(7-9-25-24(19)31-23)27-18-5-6-22-21(14-18)26-16-30-22/h5-7,9,14-17H,2-4,8,10-13H2,1H3,(H,25,27). The van der Waals surface area contributed by atoms with Crippen molar-refractivity contribution in [2.45, 2.75) is 32.1 Å². The lowest BCUT2D eigenvalue weighted by Gasteiger charge is -2.25. The van der Waals surface area contributed by atoms with Crippen molar-refractivity contribution in [3.8, 4) is 0 Å². The molecule has 0 radical (unpaired) electrons. The summed E-state index contributed by atoms with van der Waals surface area (Å²) in [4.78, 5) is 14.2. The van der Waals surface area contributed by atoms with Gasteiger partial charge in [-0.15, -0.1) is 22.7 Å². The average molecular weight is 453 g/mol. The molecule has 7 heteroatoms. The Morgan fingerprint density at radius 2 is 2.10 bits per heavy atom. The van der Waals surface area contributed by atoms with E-state index >= 15 is 0 Å². The third-order valence-corrected chi connectivity index (χ3v) is 8.12. The van der Waals surface area contributed by atoms with Gasteiger partial charge in [0.15, 0.2) is 0 Å². The number of thiazole rings is 1. The molecule has 1 fully saturated rings. The molecule has 1 unspecified atom stereocenters. The van der Waals surface area contributed by atoms with Gasteiger partial charge < -0.3 is 15.0 Å². The van der Waals surface area contributed by atoms with Gasteiger partial charge in [0, 0.05) is 35.3 Å². The zero-order valence-corrected chi connectivity index (χ0v) is 19.5. The predicted molar refractivity (Wildman–Crippen MR) is 132 cm³/mol. The molecule has 0 spiro atoms. The van der Waals surface area contributed by atoms with Crippen LogP contribution in [0.3, 0.4) is 0 Å². The molecular weight excluding hydrogens is 424 g/mol. The van der Waals surface area contributed by atoms with E-state index in [4.69, 9.17) is 4.74 Å². The smallest absolute Gasteiger partial charge is 0.125 e. The van der Waals surface area contributed by atoms with Gasteiger partial charge in [-0.1, -0.05) is 6.92 Å². The average Bonchev–Trinajstić information content (AvgIpc) is 3.44. The summed E-state index contributed by atoms with van der Waals surface area (Å²) < 4.78 is 7.04. The second kappa shape index (κ2) is 9.61. The normalized spacial score (nSPS) is 19.1. The topological polar surface area (TPSA) is 50.3 Å². The Kier molecular flexibility index (Phi) is 6.45. The first-order valence-electron chi connectivity index (χ1n) is 11.1. The first kappa shape index (κ1) is 20.8. The highest BCUT2D eigenvalue weighted by atomic mass is 32.1. The lowest BCUT2D eigenvalue weighted by atomic mass is 9.96. The van der Waals surface area contributed by atoms with Crippen molar-refractivity contribution in [2.75, 3.05) is 38.2 Å². The summed E-state index contributed by atoms with van der Waals surface area (Å²) in [6.07, 6.45) is 5.40. The second-order valence-corrected chi connectivity index (χ2v) is 10.0. The maximum atomic E-state index is 5.83. The van der Waals surface area contributed by atoms with E-state index in [1.54, 1.807) is 11.3 Å². The fourth-order valence-corrected chi connectivity index (χ4v) is 6.14. The highest BCUT2D eigenvalue weighted by Crippen LogP contribution is 2.38. The molecule has 1 aromatic carbocycles. The van der Waals surface area contributed by atoms with Gasteiger partial charge in [-0.05, 0) is 68.6 Å². The maximum absolute atomic E-state index is 5.83. The highest BCUT2D eigenvalue weighted by Gasteiger charge is 2.19. The number of hydrogen-bond donors (Lipinski definition) is 1. The molecule has 1 N–H and O–H groups in total. The van der Waals surface area contributed by atoms with Crippen molar-refractivity contribution in [3.05, 3.63) is 46.9 Å². The van der Waals surface area contributed by atoms with Gasteiger partial charge in [-0.3, -0.25) is 0 Å². The van der Waals surface area contributed by atoms with Crippen molar-refractivity contribution in [3.63, 3.8) is 0 Å². The minimum Gasteiger partial charge on any atom is -0.380 e. The van der Waals surface area contributed by atoms with E-state index in [2.05, 4.69) is 57.4 Å². The molecule has 5 nitrogen and oxygen atoms in total. The maximum Gasteiger partial charge on any atom is 0.125 e. The molecule has 1 saturated heterocycles. The fourth-order valence-electron chi connectivity index (χ4n) is 4.28. The molecule has 3 aromatic heterocycles. The third kappa shape index (κ3) is 4.75. The molecule has 0 bridgehead atoms. The predicted octanol–water partition coefficient (Wildman–Crippen LogP) is 6.26. The van der Waals surface area contributed by atoms with Crippen LogP contribution < -0.4 is 5.32 Å².